The molecular weight excluding hydrogens is 933 g/mol. The molecule has 5 heteroatoms. The number of unbranched alkanes of at least 4 members (excludes halogenated alkanes) is 18. The van der Waals surface area contributed by atoms with Crippen molar-refractivity contribution in [2.24, 2.45) is 0 Å². The van der Waals surface area contributed by atoms with Gasteiger partial charge in [0.05, 0.1) is 6.61 Å². The van der Waals surface area contributed by atoms with E-state index in [2.05, 4.69) is 184 Å². The number of aliphatic hydroxyl groups excluding tert-OH is 1. The van der Waals surface area contributed by atoms with Crippen molar-refractivity contribution in [3.05, 3.63) is 170 Å². The molecule has 0 aromatic rings. The van der Waals surface area contributed by atoms with E-state index in [-0.39, 0.29) is 25.2 Å². The minimum absolute atomic E-state index is 0.0884. The molecular formula is C71H112O5. The van der Waals surface area contributed by atoms with Gasteiger partial charge in [0, 0.05) is 12.8 Å². The number of hydrogen-bond donors (Lipinski definition) is 1. The summed E-state index contributed by atoms with van der Waals surface area (Å²) in [5.41, 5.74) is 0. The van der Waals surface area contributed by atoms with Crippen LogP contribution in [-0.2, 0) is 19.1 Å². The van der Waals surface area contributed by atoms with E-state index in [1.807, 2.05) is 0 Å². The Balaban J connectivity index is 3.66. The summed E-state index contributed by atoms with van der Waals surface area (Å²) in [6.45, 7) is 3.99. The van der Waals surface area contributed by atoms with Gasteiger partial charge in [0.15, 0.2) is 6.10 Å². The molecule has 76 heavy (non-hydrogen) atoms. The minimum atomic E-state index is -0.800. The van der Waals surface area contributed by atoms with E-state index in [9.17, 15) is 14.7 Å². The van der Waals surface area contributed by atoms with Crippen molar-refractivity contribution >= 4 is 11.9 Å². The summed E-state index contributed by atoms with van der Waals surface area (Å²) in [6, 6.07) is 0. The summed E-state index contributed by atoms with van der Waals surface area (Å²) in [5.74, 6) is -0.631. The van der Waals surface area contributed by atoms with Gasteiger partial charge >= 0.3 is 11.9 Å². The van der Waals surface area contributed by atoms with Crippen molar-refractivity contribution in [1.29, 1.82) is 0 Å². The molecule has 1 unspecified atom stereocenters. The Bertz CT molecular complexity index is 1700. The molecule has 1 N–H and O–H groups in total. The van der Waals surface area contributed by atoms with E-state index in [1.54, 1.807) is 0 Å². The van der Waals surface area contributed by atoms with Gasteiger partial charge in [-0.2, -0.15) is 0 Å². The van der Waals surface area contributed by atoms with Gasteiger partial charge in [-0.15, -0.1) is 0 Å². The summed E-state index contributed by atoms with van der Waals surface area (Å²) in [6.07, 6.45) is 100. The van der Waals surface area contributed by atoms with Crippen LogP contribution in [0, 0.1) is 0 Å². The predicted octanol–water partition coefficient (Wildman–Crippen LogP) is 21.3. The van der Waals surface area contributed by atoms with Gasteiger partial charge in [0.25, 0.3) is 0 Å². The first kappa shape index (κ1) is 71.3. The van der Waals surface area contributed by atoms with Crippen LogP contribution in [0.5, 0.6) is 0 Å². The number of esters is 2. The molecule has 0 aromatic heterocycles. The maximum atomic E-state index is 12.3. The van der Waals surface area contributed by atoms with Crippen LogP contribution in [0.1, 0.15) is 245 Å². The molecule has 0 amide bonds. The number of rotatable bonds is 54. The molecule has 0 aliphatic carbocycles. The number of ether oxygens (including phenoxy) is 2. The summed E-state index contributed by atoms with van der Waals surface area (Å²) >= 11 is 0. The molecule has 0 spiro atoms. The highest BCUT2D eigenvalue weighted by Crippen LogP contribution is 2.13. The van der Waals surface area contributed by atoms with Gasteiger partial charge in [-0.05, 0) is 135 Å². The monoisotopic (exact) mass is 1040 g/mol. The Morgan fingerprint density at radius 2 is 0.566 bits per heavy atom. The van der Waals surface area contributed by atoms with Crippen LogP contribution in [0.25, 0.3) is 0 Å². The average Bonchev–Trinajstić information content (AvgIpc) is 3.42. The lowest BCUT2D eigenvalue weighted by atomic mass is 10.1. The Kier molecular flexibility index (Phi) is 60.5. The molecule has 1 atom stereocenters. The van der Waals surface area contributed by atoms with Gasteiger partial charge in [0.2, 0.25) is 0 Å². The largest absolute Gasteiger partial charge is 0.462 e. The van der Waals surface area contributed by atoms with Gasteiger partial charge in [-0.3, -0.25) is 9.59 Å². The Morgan fingerprint density at radius 1 is 0.316 bits per heavy atom. The fourth-order valence-corrected chi connectivity index (χ4v) is 7.92. The SMILES string of the molecule is CC/C=C\C/C=C\C/C=C\C/C=C\C/C=C\C/C=C\C/C=C\C/C=C\C/C=C\C/C=C\C/C=C\CCCCCCCC(=O)OC(CO)COC(=O)CCCCCCCCCC/C=C\C/C=C\C/C=C\CCCCCCC. The Labute approximate surface area is 468 Å². The highest BCUT2D eigenvalue weighted by Gasteiger charge is 2.16. The molecule has 0 aliphatic rings. The number of hydrogen-bond acceptors (Lipinski definition) is 5. The lowest BCUT2D eigenvalue weighted by molar-refractivity contribution is -0.161. The average molecular weight is 1050 g/mol. The first-order valence-corrected chi connectivity index (χ1v) is 30.7. The first-order valence-electron chi connectivity index (χ1n) is 30.7. The molecule has 0 rings (SSSR count). The van der Waals surface area contributed by atoms with Crippen molar-refractivity contribution in [3.8, 4) is 0 Å². The van der Waals surface area contributed by atoms with E-state index >= 15 is 0 Å². The summed E-state index contributed by atoms with van der Waals surface area (Å²) in [7, 11) is 0. The minimum Gasteiger partial charge on any atom is -0.462 e. The van der Waals surface area contributed by atoms with Crippen LogP contribution >= 0.6 is 0 Å². The van der Waals surface area contributed by atoms with E-state index in [1.165, 1.54) is 70.6 Å². The topological polar surface area (TPSA) is 72.8 Å². The van der Waals surface area contributed by atoms with Crippen LogP contribution in [0.4, 0.5) is 0 Å². The fraction of sp³-hybridized carbons (Fsp3) is 0.577. The zero-order valence-electron chi connectivity index (χ0n) is 48.7. The number of carbonyl (C=O) groups is 2. The van der Waals surface area contributed by atoms with Gasteiger partial charge < -0.3 is 14.6 Å². The zero-order chi connectivity index (χ0) is 54.8. The molecule has 5 nitrogen and oxygen atoms in total. The molecule has 0 aromatic carbocycles. The summed E-state index contributed by atoms with van der Waals surface area (Å²) in [5, 5.41) is 9.67. The Hall–Kier alpha value is -4.74. The third-order valence-corrected chi connectivity index (χ3v) is 12.5. The number of carbonyl (C=O) groups excluding carboxylic acids is 2. The van der Waals surface area contributed by atoms with Crippen LogP contribution in [0.2, 0.25) is 0 Å². The second-order valence-corrected chi connectivity index (χ2v) is 19.7. The molecule has 0 saturated heterocycles. The van der Waals surface area contributed by atoms with E-state index in [4.69, 9.17) is 9.47 Å². The highest BCUT2D eigenvalue weighted by molar-refractivity contribution is 5.70. The van der Waals surface area contributed by atoms with Crippen molar-refractivity contribution in [2.45, 2.75) is 251 Å². The molecule has 0 heterocycles. The van der Waals surface area contributed by atoms with Gasteiger partial charge in [-0.25, -0.2) is 0 Å². The van der Waals surface area contributed by atoms with Crippen LogP contribution < -0.4 is 0 Å². The lowest BCUT2D eigenvalue weighted by Gasteiger charge is -2.15. The third-order valence-electron chi connectivity index (χ3n) is 12.5. The van der Waals surface area contributed by atoms with Crippen molar-refractivity contribution in [3.63, 3.8) is 0 Å². The van der Waals surface area contributed by atoms with Crippen LogP contribution in [-0.4, -0.2) is 36.4 Å². The molecule has 0 aliphatic heterocycles. The van der Waals surface area contributed by atoms with E-state index < -0.39 is 6.10 Å². The summed E-state index contributed by atoms with van der Waals surface area (Å²) < 4.78 is 10.7. The summed E-state index contributed by atoms with van der Waals surface area (Å²) in [4.78, 5) is 24.6. The lowest BCUT2D eigenvalue weighted by Crippen LogP contribution is -2.28. The molecule has 426 valence electrons. The van der Waals surface area contributed by atoms with E-state index in [0.29, 0.717) is 12.8 Å². The van der Waals surface area contributed by atoms with Crippen molar-refractivity contribution in [1.82, 2.24) is 0 Å². The quantitative estimate of drug-likeness (QED) is 0.0373. The third kappa shape index (κ3) is 61.8. The van der Waals surface area contributed by atoms with Crippen molar-refractivity contribution in [2.75, 3.05) is 13.2 Å². The smallest absolute Gasteiger partial charge is 0.306 e. The molecule has 0 saturated carbocycles. The number of aliphatic hydroxyl groups is 1. The predicted molar refractivity (Wildman–Crippen MR) is 333 cm³/mol. The normalized spacial score (nSPS) is 13.5. The van der Waals surface area contributed by atoms with Gasteiger partial charge in [0.1, 0.15) is 6.61 Å². The zero-order valence-corrected chi connectivity index (χ0v) is 48.7. The van der Waals surface area contributed by atoms with Gasteiger partial charge in [-0.1, -0.05) is 267 Å². The molecule has 0 radical (unpaired) electrons. The maximum Gasteiger partial charge on any atom is 0.306 e. The standard InChI is InChI=1S/C71H112O5/c1-3-5-7-9-11-13-15-17-19-21-23-25-27-28-29-30-31-32-33-34-35-36-37-38-39-40-41-42-44-46-48-50-52-54-56-58-60-62-64-66-71(74)76-69(67-72)68-75-70(73)65-63-61-59-57-55-53-51-49-47-45-43-26-24-22-20-18-16-14-12-10-8-6-4-2/h5,7,11,13,16-19,22-25,28-29,31-32,34-35,37-38,40-41,43-46,50,52,69,72H,3-4,6,8-10,12,14-15,20-21,26-27,30,33,36,39,42,47-49,51,53-68H2,1-2H3/b7-5-,13-11-,18-16-,19-17-,24-22-,25-23-,29-28-,32-31-,35-34-,38-37-,41-40-,45-43-,46-44-,52-50-. The maximum absolute atomic E-state index is 12.3. The molecule has 0 bridgehead atoms. The van der Waals surface area contributed by atoms with E-state index in [0.717, 1.165) is 148 Å². The van der Waals surface area contributed by atoms with Crippen LogP contribution in [0.15, 0.2) is 170 Å². The second kappa shape index (κ2) is 64.5. The molecule has 0 fully saturated rings. The Morgan fingerprint density at radius 3 is 0.855 bits per heavy atom. The second-order valence-electron chi connectivity index (χ2n) is 19.7. The van der Waals surface area contributed by atoms with Crippen LogP contribution in [0.3, 0.4) is 0 Å². The van der Waals surface area contributed by atoms with Crippen molar-refractivity contribution < 1.29 is 24.2 Å². The number of allylic oxidation sites excluding steroid dienone is 28. The first-order chi connectivity index (χ1) is 37.6. The fourth-order valence-electron chi connectivity index (χ4n) is 7.92. The highest BCUT2D eigenvalue weighted by atomic mass is 16.6.